The van der Waals surface area contributed by atoms with Gasteiger partial charge < -0.3 is 24.1 Å². The highest BCUT2D eigenvalue weighted by Crippen LogP contribution is 2.54. The topological polar surface area (TPSA) is 125 Å². The molecule has 3 rings (SSSR count). The summed E-state index contributed by atoms with van der Waals surface area (Å²) in [5.74, 6) is -4.98. The zero-order valence-electron chi connectivity index (χ0n) is 19.6. The molecule has 8 atom stereocenters. The Morgan fingerprint density at radius 1 is 1.12 bits per heavy atom. The number of allylic oxidation sites excluding steroid dienone is 1. The number of ether oxygens (including phenoxy) is 4. The summed E-state index contributed by atoms with van der Waals surface area (Å²) in [6.07, 6.45) is -1.17. The zero-order valence-corrected chi connectivity index (χ0v) is 19.6. The minimum absolute atomic E-state index is 0.0493. The highest BCUT2D eigenvalue weighted by atomic mass is 16.6. The average molecular weight is 462 g/mol. The van der Waals surface area contributed by atoms with E-state index in [1.54, 1.807) is 32.9 Å². The lowest BCUT2D eigenvalue weighted by Crippen LogP contribution is -2.58. The molecule has 3 aliphatic rings. The maximum Gasteiger partial charge on any atom is 0.334 e. The molecule has 9 nitrogen and oxygen atoms in total. The molecule has 2 aliphatic carbocycles. The molecule has 0 aromatic rings. The largest absolute Gasteiger partial charge is 0.458 e. The average Bonchev–Trinajstić information content (AvgIpc) is 3.16. The number of carbonyl (C=O) groups excluding carboxylic acids is 4. The smallest absolute Gasteiger partial charge is 0.334 e. The molecule has 180 valence electrons. The lowest BCUT2D eigenvalue weighted by Gasteiger charge is -2.42. The Bertz CT molecular complexity index is 957. The van der Waals surface area contributed by atoms with Crippen molar-refractivity contribution in [1.29, 1.82) is 0 Å². The number of rotatable bonds is 4. The summed E-state index contributed by atoms with van der Waals surface area (Å²) < 4.78 is 22.4. The van der Waals surface area contributed by atoms with Crippen LogP contribution < -0.4 is 0 Å². The second kappa shape index (κ2) is 8.78. The van der Waals surface area contributed by atoms with Gasteiger partial charge >= 0.3 is 23.9 Å². The van der Waals surface area contributed by atoms with E-state index in [1.807, 2.05) is 0 Å². The summed E-state index contributed by atoms with van der Waals surface area (Å²) in [5.41, 5.74) is -0.770. The first-order valence-corrected chi connectivity index (χ1v) is 10.8. The van der Waals surface area contributed by atoms with Gasteiger partial charge in [0.25, 0.3) is 0 Å². The van der Waals surface area contributed by atoms with Crippen molar-refractivity contribution >= 4 is 23.9 Å². The van der Waals surface area contributed by atoms with Gasteiger partial charge in [0, 0.05) is 36.8 Å². The van der Waals surface area contributed by atoms with Crippen LogP contribution in [0.15, 0.2) is 35.5 Å². The highest BCUT2D eigenvalue weighted by Gasteiger charge is 2.66. The molecule has 2 fully saturated rings. The van der Waals surface area contributed by atoms with Crippen LogP contribution in [0.5, 0.6) is 0 Å². The number of carbonyl (C=O) groups is 4. The van der Waals surface area contributed by atoms with Crippen LogP contribution in [0.3, 0.4) is 0 Å². The molecular weight excluding hydrogens is 432 g/mol. The SMILES string of the molecule is C=C1C(=O)OC2C1C(OC(=O)C(C)=CC)C(OC(C)=O)C(C)(O)C1C(OC(C)=O)C=C(C)C21. The predicted octanol–water partition coefficient (Wildman–Crippen LogP) is 1.78. The van der Waals surface area contributed by atoms with Crippen molar-refractivity contribution < 1.29 is 43.2 Å². The van der Waals surface area contributed by atoms with E-state index in [9.17, 15) is 24.3 Å². The summed E-state index contributed by atoms with van der Waals surface area (Å²) in [6.45, 7) is 12.7. The van der Waals surface area contributed by atoms with Crippen molar-refractivity contribution in [2.75, 3.05) is 0 Å². The normalized spacial score (nSPS) is 37.8. The third kappa shape index (κ3) is 4.21. The standard InChI is InChI=1S/C24H30O9/c1-8-10(2)22(27)33-20-17-12(4)23(28)32-19(17)16-11(3)9-15(30-13(5)25)18(16)24(7,29)21(20)31-14(6)26/h8-9,15-21,29H,4H2,1-3,5-7H3. The van der Waals surface area contributed by atoms with Gasteiger partial charge in [-0.1, -0.05) is 18.2 Å². The lowest BCUT2D eigenvalue weighted by atomic mass is 9.74. The van der Waals surface area contributed by atoms with Gasteiger partial charge in [-0.05, 0) is 33.8 Å². The van der Waals surface area contributed by atoms with E-state index in [0.29, 0.717) is 5.57 Å². The predicted molar refractivity (Wildman–Crippen MR) is 114 cm³/mol. The second-order valence-corrected chi connectivity index (χ2v) is 9.05. The summed E-state index contributed by atoms with van der Waals surface area (Å²) >= 11 is 0. The Hall–Kier alpha value is -2.94. The van der Waals surface area contributed by atoms with Crippen molar-refractivity contribution in [1.82, 2.24) is 0 Å². The van der Waals surface area contributed by atoms with E-state index in [0.717, 1.165) is 5.57 Å². The second-order valence-electron chi connectivity index (χ2n) is 9.05. The summed E-state index contributed by atoms with van der Waals surface area (Å²) in [7, 11) is 0. The minimum atomic E-state index is -1.84. The van der Waals surface area contributed by atoms with Crippen LogP contribution in [0.2, 0.25) is 0 Å². The van der Waals surface area contributed by atoms with E-state index >= 15 is 0 Å². The van der Waals surface area contributed by atoms with Crippen LogP contribution in [0.4, 0.5) is 0 Å². The molecule has 33 heavy (non-hydrogen) atoms. The van der Waals surface area contributed by atoms with E-state index in [1.165, 1.54) is 20.8 Å². The monoisotopic (exact) mass is 462 g/mol. The number of fused-ring (bicyclic) bond motifs is 3. The summed E-state index contributed by atoms with van der Waals surface area (Å²) in [5, 5.41) is 11.8. The van der Waals surface area contributed by atoms with Crippen LogP contribution in [0.1, 0.15) is 41.5 Å². The van der Waals surface area contributed by atoms with Crippen LogP contribution in [0, 0.1) is 17.8 Å². The van der Waals surface area contributed by atoms with Gasteiger partial charge in [0.15, 0.2) is 12.2 Å². The van der Waals surface area contributed by atoms with Crippen molar-refractivity contribution in [2.45, 2.75) is 71.6 Å². The van der Waals surface area contributed by atoms with Gasteiger partial charge in [0.05, 0.1) is 5.92 Å². The van der Waals surface area contributed by atoms with Crippen LogP contribution in [0.25, 0.3) is 0 Å². The molecule has 0 radical (unpaired) electrons. The van der Waals surface area contributed by atoms with E-state index < -0.39 is 71.6 Å². The molecule has 9 heteroatoms. The molecule has 0 amide bonds. The first-order valence-electron chi connectivity index (χ1n) is 10.8. The molecule has 0 aromatic heterocycles. The van der Waals surface area contributed by atoms with Crippen molar-refractivity contribution in [2.24, 2.45) is 17.8 Å². The van der Waals surface area contributed by atoms with Crippen molar-refractivity contribution in [3.63, 3.8) is 0 Å². The fourth-order valence-electron chi connectivity index (χ4n) is 5.25. The third-order valence-corrected chi connectivity index (χ3v) is 6.81. The number of aliphatic hydroxyl groups is 1. The molecule has 1 saturated heterocycles. The van der Waals surface area contributed by atoms with Gasteiger partial charge in [0.1, 0.15) is 17.8 Å². The van der Waals surface area contributed by atoms with E-state index in [2.05, 4.69) is 6.58 Å². The number of hydrogen-bond acceptors (Lipinski definition) is 9. The van der Waals surface area contributed by atoms with Gasteiger partial charge in [-0.2, -0.15) is 0 Å². The number of hydrogen-bond donors (Lipinski definition) is 1. The Morgan fingerprint density at radius 2 is 1.73 bits per heavy atom. The molecular formula is C24H30O9. The Balaban J connectivity index is 2.21. The van der Waals surface area contributed by atoms with Crippen molar-refractivity contribution in [3.05, 3.63) is 35.5 Å². The molecule has 0 bridgehead atoms. The van der Waals surface area contributed by atoms with Crippen LogP contribution >= 0.6 is 0 Å². The Kier molecular flexibility index (Phi) is 6.57. The zero-order chi connectivity index (χ0) is 24.8. The quantitative estimate of drug-likeness (QED) is 0.288. The third-order valence-electron chi connectivity index (χ3n) is 6.81. The summed E-state index contributed by atoms with van der Waals surface area (Å²) in [4.78, 5) is 49.2. The maximum absolute atomic E-state index is 12.7. The van der Waals surface area contributed by atoms with Crippen LogP contribution in [-0.4, -0.2) is 59.0 Å². The van der Waals surface area contributed by atoms with Gasteiger partial charge in [-0.15, -0.1) is 0 Å². The van der Waals surface area contributed by atoms with Gasteiger partial charge in [0.2, 0.25) is 0 Å². The molecule has 8 unspecified atom stereocenters. The van der Waals surface area contributed by atoms with E-state index in [-0.39, 0.29) is 5.57 Å². The molecule has 1 saturated carbocycles. The fourth-order valence-corrected chi connectivity index (χ4v) is 5.25. The Labute approximate surface area is 192 Å². The number of esters is 4. The molecule has 0 aromatic carbocycles. The lowest BCUT2D eigenvalue weighted by molar-refractivity contribution is -0.202. The molecule has 0 spiro atoms. The fraction of sp³-hybridized carbons (Fsp3) is 0.583. The van der Waals surface area contributed by atoms with Gasteiger partial charge in [-0.3, -0.25) is 9.59 Å². The Morgan fingerprint density at radius 3 is 2.27 bits per heavy atom. The maximum atomic E-state index is 12.7. The molecule has 1 aliphatic heterocycles. The molecule has 1 heterocycles. The first-order chi connectivity index (χ1) is 15.3. The summed E-state index contributed by atoms with van der Waals surface area (Å²) in [6, 6.07) is 0. The van der Waals surface area contributed by atoms with Gasteiger partial charge in [-0.25, -0.2) is 9.59 Å². The van der Waals surface area contributed by atoms with E-state index in [4.69, 9.17) is 18.9 Å². The minimum Gasteiger partial charge on any atom is -0.458 e. The highest BCUT2D eigenvalue weighted by molar-refractivity contribution is 5.92. The first kappa shape index (κ1) is 24.7. The molecule has 1 N–H and O–H groups in total. The van der Waals surface area contributed by atoms with Crippen LogP contribution in [-0.2, 0) is 38.1 Å². The van der Waals surface area contributed by atoms with Crippen molar-refractivity contribution in [3.8, 4) is 0 Å².